The van der Waals surface area contributed by atoms with Crippen molar-refractivity contribution in [2.24, 2.45) is 0 Å². The first-order valence-electron chi connectivity index (χ1n) is 9.29. The number of hydrogen-bond acceptors (Lipinski definition) is 4. The zero-order chi connectivity index (χ0) is 18.5. The molecule has 0 unspecified atom stereocenters. The van der Waals surface area contributed by atoms with Crippen molar-refractivity contribution in [3.8, 4) is 5.75 Å². The lowest BCUT2D eigenvalue weighted by Gasteiger charge is -2.34. The summed E-state index contributed by atoms with van der Waals surface area (Å²) in [5.74, 6) is 0.865. The van der Waals surface area contributed by atoms with Gasteiger partial charge in [0.15, 0.2) is 0 Å². The summed E-state index contributed by atoms with van der Waals surface area (Å²) in [5.41, 5.74) is 3.11. The molecule has 26 heavy (non-hydrogen) atoms. The number of ether oxygens (including phenoxy) is 1. The number of amides is 1. The van der Waals surface area contributed by atoms with Crippen LogP contribution in [0.25, 0.3) is 0 Å². The first-order valence-corrected chi connectivity index (χ1v) is 9.29. The second kappa shape index (κ2) is 8.36. The molecule has 0 spiro atoms. The van der Waals surface area contributed by atoms with E-state index in [1.807, 2.05) is 33.8 Å². The van der Waals surface area contributed by atoms with Crippen molar-refractivity contribution < 1.29 is 9.53 Å². The van der Waals surface area contributed by atoms with E-state index >= 15 is 0 Å². The summed E-state index contributed by atoms with van der Waals surface area (Å²) in [6, 6.07) is 7.33. The maximum Gasteiger partial charge on any atom is 0.253 e. The van der Waals surface area contributed by atoms with Crippen LogP contribution in [0.1, 0.15) is 35.0 Å². The number of aromatic nitrogens is 2. The van der Waals surface area contributed by atoms with E-state index in [1.54, 1.807) is 7.11 Å². The fraction of sp³-hybridized carbons (Fsp3) is 0.500. The Bertz CT molecular complexity index is 731. The average molecular weight is 356 g/mol. The molecule has 1 aliphatic heterocycles. The van der Waals surface area contributed by atoms with Gasteiger partial charge >= 0.3 is 0 Å². The van der Waals surface area contributed by atoms with Gasteiger partial charge in [0.25, 0.3) is 5.91 Å². The topological polar surface area (TPSA) is 50.6 Å². The van der Waals surface area contributed by atoms with Gasteiger partial charge in [0.2, 0.25) is 0 Å². The molecule has 3 rings (SSSR count). The van der Waals surface area contributed by atoms with Crippen molar-refractivity contribution in [3.63, 3.8) is 0 Å². The van der Waals surface area contributed by atoms with E-state index in [2.05, 4.69) is 30.0 Å². The van der Waals surface area contributed by atoms with Crippen molar-refractivity contribution in [3.05, 3.63) is 47.3 Å². The lowest BCUT2D eigenvalue weighted by molar-refractivity contribution is 0.0628. The van der Waals surface area contributed by atoms with Crippen molar-refractivity contribution in [1.29, 1.82) is 0 Å². The maximum atomic E-state index is 12.6. The van der Waals surface area contributed by atoms with Crippen LogP contribution in [0.3, 0.4) is 0 Å². The molecule has 0 bridgehead atoms. The van der Waals surface area contributed by atoms with Gasteiger partial charge in [0.05, 0.1) is 12.8 Å². The number of rotatable bonds is 6. The summed E-state index contributed by atoms with van der Waals surface area (Å²) < 4.78 is 7.19. The van der Waals surface area contributed by atoms with Crippen LogP contribution < -0.4 is 4.74 Å². The Morgan fingerprint density at radius 3 is 2.46 bits per heavy atom. The third-order valence-corrected chi connectivity index (χ3v) is 4.89. The van der Waals surface area contributed by atoms with Gasteiger partial charge in [-0.25, -0.2) is 0 Å². The van der Waals surface area contributed by atoms with Crippen LogP contribution in [0.15, 0.2) is 30.5 Å². The van der Waals surface area contributed by atoms with Gasteiger partial charge in [-0.2, -0.15) is 5.10 Å². The Hall–Kier alpha value is -2.34. The van der Waals surface area contributed by atoms with Crippen molar-refractivity contribution in [1.82, 2.24) is 19.6 Å². The Morgan fingerprint density at radius 1 is 1.15 bits per heavy atom. The van der Waals surface area contributed by atoms with Gasteiger partial charge in [-0.1, -0.05) is 6.92 Å². The van der Waals surface area contributed by atoms with Crippen LogP contribution in [-0.4, -0.2) is 58.8 Å². The second-order valence-corrected chi connectivity index (χ2v) is 6.80. The quantitative estimate of drug-likeness (QED) is 0.798. The summed E-state index contributed by atoms with van der Waals surface area (Å²) in [7, 11) is 1.63. The lowest BCUT2D eigenvalue weighted by atomic mass is 10.1. The molecule has 1 aliphatic rings. The van der Waals surface area contributed by atoms with Crippen LogP contribution >= 0.6 is 0 Å². The Labute approximate surface area is 155 Å². The van der Waals surface area contributed by atoms with Crippen molar-refractivity contribution in [2.75, 3.05) is 33.3 Å². The van der Waals surface area contributed by atoms with E-state index in [1.165, 1.54) is 5.56 Å². The number of hydrogen-bond donors (Lipinski definition) is 0. The lowest BCUT2D eigenvalue weighted by Crippen LogP contribution is -2.48. The summed E-state index contributed by atoms with van der Waals surface area (Å²) in [4.78, 5) is 17.0. The first-order chi connectivity index (χ1) is 12.6. The number of carbonyl (C=O) groups excluding carboxylic acids is 1. The van der Waals surface area contributed by atoms with Crippen LogP contribution in [0.4, 0.5) is 0 Å². The number of piperazine rings is 1. The summed E-state index contributed by atoms with van der Waals surface area (Å²) in [6.07, 6.45) is 3.25. The molecule has 0 atom stereocenters. The molecule has 2 heterocycles. The Balaban J connectivity index is 1.54. The fourth-order valence-corrected chi connectivity index (χ4v) is 3.32. The number of benzene rings is 1. The zero-order valence-electron chi connectivity index (χ0n) is 15.9. The van der Waals surface area contributed by atoms with Crippen LogP contribution in [0.5, 0.6) is 5.75 Å². The maximum absolute atomic E-state index is 12.6. The molecule has 0 N–H and O–H groups in total. The van der Waals surface area contributed by atoms with Gasteiger partial charge in [-0.05, 0) is 37.6 Å². The second-order valence-electron chi connectivity index (χ2n) is 6.80. The number of nitrogens with zero attached hydrogens (tertiary/aromatic N) is 4. The molecule has 6 heteroatoms. The molecule has 0 saturated carbocycles. The smallest absolute Gasteiger partial charge is 0.253 e. The van der Waals surface area contributed by atoms with E-state index in [9.17, 15) is 4.79 Å². The molecule has 1 aromatic heterocycles. The first kappa shape index (κ1) is 18.5. The van der Waals surface area contributed by atoms with Crippen molar-refractivity contribution in [2.45, 2.75) is 33.4 Å². The van der Waals surface area contributed by atoms with Crippen LogP contribution in [-0.2, 0) is 13.1 Å². The largest absolute Gasteiger partial charge is 0.497 e. The Kier molecular flexibility index (Phi) is 5.93. The highest BCUT2D eigenvalue weighted by Crippen LogP contribution is 2.16. The molecule has 1 fully saturated rings. The van der Waals surface area contributed by atoms with Gasteiger partial charge in [0, 0.05) is 56.6 Å². The zero-order valence-corrected chi connectivity index (χ0v) is 15.9. The van der Waals surface area contributed by atoms with Crippen molar-refractivity contribution >= 4 is 5.91 Å². The highest BCUT2D eigenvalue weighted by molar-refractivity contribution is 5.94. The minimum Gasteiger partial charge on any atom is -0.497 e. The highest BCUT2D eigenvalue weighted by atomic mass is 16.5. The molecule has 140 valence electrons. The van der Waals surface area contributed by atoms with E-state index in [0.29, 0.717) is 0 Å². The Morgan fingerprint density at radius 2 is 1.85 bits per heavy atom. The molecule has 6 nitrogen and oxygen atoms in total. The van der Waals surface area contributed by atoms with Gasteiger partial charge in [-0.3, -0.25) is 14.4 Å². The van der Waals surface area contributed by atoms with E-state index in [-0.39, 0.29) is 5.91 Å². The third kappa shape index (κ3) is 4.25. The average Bonchev–Trinajstić information content (AvgIpc) is 3.01. The van der Waals surface area contributed by atoms with E-state index in [4.69, 9.17) is 4.74 Å². The van der Waals surface area contributed by atoms with E-state index < -0.39 is 0 Å². The molecular formula is C20H28N4O2. The number of methoxy groups -OCH3 is 1. The van der Waals surface area contributed by atoms with E-state index in [0.717, 1.165) is 62.7 Å². The van der Waals surface area contributed by atoms with Gasteiger partial charge in [0.1, 0.15) is 5.75 Å². The third-order valence-electron chi connectivity index (χ3n) is 4.89. The molecule has 0 aliphatic carbocycles. The molecular weight excluding hydrogens is 328 g/mol. The normalized spacial score (nSPS) is 15.3. The summed E-state index contributed by atoms with van der Waals surface area (Å²) >= 11 is 0. The number of carbonyl (C=O) groups is 1. The van der Waals surface area contributed by atoms with Gasteiger partial charge in [-0.15, -0.1) is 0 Å². The SMILES string of the molecule is CCCn1cc(CN2CCN(C(=O)c3ccc(OC)cc3)CC2)c(C)n1. The molecule has 1 saturated heterocycles. The van der Waals surface area contributed by atoms with Crippen LogP contribution in [0.2, 0.25) is 0 Å². The molecule has 0 radical (unpaired) electrons. The minimum absolute atomic E-state index is 0.0965. The molecule has 2 aromatic rings. The minimum atomic E-state index is 0.0965. The standard InChI is InChI=1S/C20H28N4O2/c1-4-9-24-15-18(16(2)21-24)14-22-10-12-23(13-11-22)20(25)17-5-7-19(26-3)8-6-17/h5-8,15H,4,9-14H2,1-3H3. The van der Waals surface area contributed by atoms with Crippen LogP contribution in [0, 0.1) is 6.92 Å². The predicted molar refractivity (Wildman–Crippen MR) is 101 cm³/mol. The molecule has 1 amide bonds. The summed E-state index contributed by atoms with van der Waals surface area (Å²) in [6.45, 7) is 9.40. The highest BCUT2D eigenvalue weighted by Gasteiger charge is 2.23. The number of aryl methyl sites for hydroxylation is 2. The summed E-state index contributed by atoms with van der Waals surface area (Å²) in [5, 5.41) is 4.58. The monoisotopic (exact) mass is 356 g/mol. The van der Waals surface area contributed by atoms with Gasteiger partial charge < -0.3 is 9.64 Å². The predicted octanol–water partition coefficient (Wildman–Crippen LogP) is 2.57. The molecule has 1 aromatic carbocycles. The fourth-order valence-electron chi connectivity index (χ4n) is 3.32.